The summed E-state index contributed by atoms with van der Waals surface area (Å²) in [6, 6.07) is 11.8. The highest BCUT2D eigenvalue weighted by Gasteiger charge is 2.25. The molecular weight excluding hydrogens is 296 g/mol. The van der Waals surface area contributed by atoms with Gasteiger partial charge in [0.1, 0.15) is 12.3 Å². The first-order valence-electron chi connectivity index (χ1n) is 7.16. The number of carbonyl (C=O) groups is 2. The number of phenolic OH excluding ortho intramolecular Hbond substituents is 1. The zero-order valence-electron chi connectivity index (χ0n) is 12.6. The normalized spacial score (nSPS) is 13.3. The summed E-state index contributed by atoms with van der Waals surface area (Å²) in [6.45, 7) is 1.94. The lowest BCUT2D eigenvalue weighted by atomic mass is 10.1. The van der Waals surface area contributed by atoms with Crippen LogP contribution in [0.1, 0.15) is 5.56 Å². The molecule has 0 fully saturated rings. The molecule has 6 nitrogen and oxygen atoms in total. The van der Waals surface area contributed by atoms with Gasteiger partial charge in [0, 0.05) is 11.8 Å². The molecule has 0 saturated carbocycles. The van der Waals surface area contributed by atoms with E-state index in [9.17, 15) is 14.7 Å². The molecule has 0 unspecified atom stereocenters. The number of amides is 1. The largest absolute Gasteiger partial charge is 0.508 e. The van der Waals surface area contributed by atoms with Crippen molar-refractivity contribution in [1.29, 1.82) is 0 Å². The predicted molar refractivity (Wildman–Crippen MR) is 85.8 cm³/mol. The molecule has 0 saturated heterocycles. The number of aryl methyl sites for hydroxylation is 1. The third-order valence-corrected chi connectivity index (χ3v) is 3.46. The van der Waals surface area contributed by atoms with Crippen molar-refractivity contribution >= 4 is 23.3 Å². The van der Waals surface area contributed by atoms with Crippen LogP contribution in [-0.4, -0.2) is 30.1 Å². The predicted octanol–water partition coefficient (Wildman–Crippen LogP) is 2.06. The smallest absolute Gasteiger partial charge is 0.331 e. The summed E-state index contributed by atoms with van der Waals surface area (Å²) in [7, 11) is 0. The van der Waals surface area contributed by atoms with Crippen LogP contribution >= 0.6 is 0 Å². The number of hydrogen-bond acceptors (Lipinski definition) is 5. The van der Waals surface area contributed by atoms with Crippen molar-refractivity contribution in [3.8, 4) is 11.5 Å². The summed E-state index contributed by atoms with van der Waals surface area (Å²) < 4.78 is 5.21. The lowest BCUT2D eigenvalue weighted by Crippen LogP contribution is -2.41. The molecular formula is C17H16N2O4. The van der Waals surface area contributed by atoms with Gasteiger partial charge in [-0.1, -0.05) is 12.1 Å². The zero-order chi connectivity index (χ0) is 16.4. The second-order valence-electron chi connectivity index (χ2n) is 5.40. The fourth-order valence-corrected chi connectivity index (χ4v) is 2.46. The van der Waals surface area contributed by atoms with Crippen LogP contribution in [0, 0.1) is 6.92 Å². The average Bonchev–Trinajstić information content (AvgIpc) is 2.46. The third kappa shape index (κ3) is 3.42. The highest BCUT2D eigenvalue weighted by Crippen LogP contribution is 2.32. The minimum absolute atomic E-state index is 0.0147. The van der Waals surface area contributed by atoms with Crippen LogP contribution in [0.4, 0.5) is 11.4 Å². The van der Waals surface area contributed by atoms with Gasteiger partial charge in [-0.25, -0.2) is 4.79 Å². The van der Waals surface area contributed by atoms with E-state index in [0.717, 1.165) is 5.56 Å². The van der Waals surface area contributed by atoms with Gasteiger partial charge < -0.3 is 20.1 Å². The number of ether oxygens (including phenoxy) is 1. The Labute approximate surface area is 133 Å². The molecule has 2 aromatic carbocycles. The van der Waals surface area contributed by atoms with E-state index in [4.69, 9.17) is 4.74 Å². The standard InChI is InChI=1S/C17H16N2O4/c1-11-5-6-14-15(7-11)23-17(22)10-19(14)9-16(21)18-12-3-2-4-13(20)8-12/h2-8,20H,9-10H2,1H3,(H,18,21). The maximum Gasteiger partial charge on any atom is 0.331 e. The Kier molecular flexibility index (Phi) is 3.89. The maximum atomic E-state index is 12.2. The number of fused-ring (bicyclic) bond motifs is 1. The molecule has 2 N–H and O–H groups in total. The molecule has 0 aromatic heterocycles. The summed E-state index contributed by atoms with van der Waals surface area (Å²) >= 11 is 0. The first-order valence-corrected chi connectivity index (χ1v) is 7.16. The van der Waals surface area contributed by atoms with Crippen LogP contribution < -0.4 is 15.0 Å². The number of carbonyl (C=O) groups excluding carboxylic acids is 2. The van der Waals surface area contributed by atoms with Crippen molar-refractivity contribution in [2.45, 2.75) is 6.92 Å². The summed E-state index contributed by atoms with van der Waals surface area (Å²) in [6.07, 6.45) is 0. The molecule has 1 amide bonds. The first-order chi connectivity index (χ1) is 11.0. The molecule has 1 aliphatic heterocycles. The van der Waals surface area contributed by atoms with Gasteiger partial charge in [-0.05, 0) is 36.8 Å². The number of anilines is 2. The Bertz CT molecular complexity index is 773. The number of esters is 1. The fraction of sp³-hybridized carbons (Fsp3) is 0.176. The van der Waals surface area contributed by atoms with Gasteiger partial charge >= 0.3 is 5.97 Å². The Morgan fingerprint density at radius 1 is 1.30 bits per heavy atom. The second-order valence-corrected chi connectivity index (χ2v) is 5.40. The lowest BCUT2D eigenvalue weighted by Gasteiger charge is -2.29. The van der Waals surface area contributed by atoms with Crippen molar-refractivity contribution in [2.75, 3.05) is 23.3 Å². The molecule has 23 heavy (non-hydrogen) atoms. The topological polar surface area (TPSA) is 78.9 Å². The molecule has 3 rings (SSSR count). The average molecular weight is 312 g/mol. The summed E-state index contributed by atoms with van der Waals surface area (Å²) in [5, 5.41) is 12.1. The van der Waals surface area contributed by atoms with E-state index in [2.05, 4.69) is 5.32 Å². The molecule has 0 bridgehead atoms. The van der Waals surface area contributed by atoms with Crippen LogP contribution in [0.5, 0.6) is 11.5 Å². The van der Waals surface area contributed by atoms with Gasteiger partial charge in [0.2, 0.25) is 5.91 Å². The number of rotatable bonds is 3. The number of nitrogens with zero attached hydrogens (tertiary/aromatic N) is 1. The van der Waals surface area contributed by atoms with E-state index in [-0.39, 0.29) is 24.7 Å². The number of hydrogen-bond donors (Lipinski definition) is 2. The van der Waals surface area contributed by atoms with E-state index in [1.807, 2.05) is 19.1 Å². The zero-order valence-corrected chi connectivity index (χ0v) is 12.6. The summed E-state index contributed by atoms with van der Waals surface area (Å²) in [5.41, 5.74) is 2.18. The number of aromatic hydroxyl groups is 1. The Morgan fingerprint density at radius 2 is 2.13 bits per heavy atom. The molecule has 6 heteroatoms. The number of nitrogens with one attached hydrogen (secondary N) is 1. The highest BCUT2D eigenvalue weighted by atomic mass is 16.5. The summed E-state index contributed by atoms with van der Waals surface area (Å²) in [5.74, 6) is -0.137. The minimum atomic E-state index is -0.395. The Morgan fingerprint density at radius 3 is 2.91 bits per heavy atom. The molecule has 1 aliphatic rings. The molecule has 2 aromatic rings. The Hall–Kier alpha value is -3.02. The number of phenols is 1. The van der Waals surface area contributed by atoms with E-state index in [0.29, 0.717) is 17.1 Å². The van der Waals surface area contributed by atoms with Gasteiger partial charge in [0.15, 0.2) is 5.75 Å². The van der Waals surface area contributed by atoms with E-state index < -0.39 is 5.97 Å². The van der Waals surface area contributed by atoms with Crippen molar-refractivity contribution in [2.24, 2.45) is 0 Å². The highest BCUT2D eigenvalue weighted by molar-refractivity contribution is 5.96. The maximum absolute atomic E-state index is 12.2. The lowest BCUT2D eigenvalue weighted by molar-refractivity contribution is -0.133. The monoisotopic (exact) mass is 312 g/mol. The number of benzene rings is 2. The van der Waals surface area contributed by atoms with Gasteiger partial charge in [-0.3, -0.25) is 4.79 Å². The van der Waals surface area contributed by atoms with Gasteiger partial charge in [0.05, 0.1) is 12.2 Å². The van der Waals surface area contributed by atoms with Crippen molar-refractivity contribution in [3.63, 3.8) is 0 Å². The van der Waals surface area contributed by atoms with Crippen LogP contribution in [-0.2, 0) is 9.59 Å². The fourth-order valence-electron chi connectivity index (χ4n) is 2.46. The van der Waals surface area contributed by atoms with E-state index in [1.165, 1.54) is 12.1 Å². The van der Waals surface area contributed by atoms with Gasteiger partial charge in [0.25, 0.3) is 0 Å². The van der Waals surface area contributed by atoms with Gasteiger partial charge in [-0.2, -0.15) is 0 Å². The first kappa shape index (κ1) is 14.9. The Balaban J connectivity index is 1.75. The van der Waals surface area contributed by atoms with Crippen LogP contribution in [0.25, 0.3) is 0 Å². The molecule has 0 spiro atoms. The van der Waals surface area contributed by atoms with Gasteiger partial charge in [-0.15, -0.1) is 0 Å². The van der Waals surface area contributed by atoms with Crippen LogP contribution in [0.2, 0.25) is 0 Å². The molecule has 0 atom stereocenters. The summed E-state index contributed by atoms with van der Waals surface area (Å²) in [4.78, 5) is 25.6. The molecule has 0 aliphatic carbocycles. The van der Waals surface area contributed by atoms with Crippen molar-refractivity contribution in [1.82, 2.24) is 0 Å². The van der Waals surface area contributed by atoms with E-state index >= 15 is 0 Å². The van der Waals surface area contributed by atoms with Crippen molar-refractivity contribution in [3.05, 3.63) is 48.0 Å². The van der Waals surface area contributed by atoms with Crippen LogP contribution in [0.15, 0.2) is 42.5 Å². The molecule has 118 valence electrons. The third-order valence-electron chi connectivity index (χ3n) is 3.46. The molecule has 0 radical (unpaired) electrons. The van der Waals surface area contributed by atoms with E-state index in [1.54, 1.807) is 23.1 Å². The quantitative estimate of drug-likeness (QED) is 0.670. The minimum Gasteiger partial charge on any atom is -0.508 e. The second kappa shape index (κ2) is 6.00. The van der Waals surface area contributed by atoms with Crippen molar-refractivity contribution < 1.29 is 19.4 Å². The SMILES string of the molecule is Cc1ccc2c(c1)OC(=O)CN2CC(=O)Nc1cccc(O)c1. The molecule has 1 heterocycles. The van der Waals surface area contributed by atoms with Crippen LogP contribution in [0.3, 0.4) is 0 Å².